The molecule has 1 unspecified atom stereocenters. The molecule has 2 N–H and O–H groups in total. The van der Waals surface area contributed by atoms with Crippen molar-refractivity contribution in [3.63, 3.8) is 0 Å². The Bertz CT molecular complexity index is 803. The first-order valence-electron chi connectivity index (χ1n) is 10.1. The van der Waals surface area contributed by atoms with Crippen LogP contribution in [0, 0.1) is 0 Å². The molecule has 2 aromatic rings. The highest BCUT2D eigenvalue weighted by atomic mass is 32.1. The standard InChI is InChI=1S/C20H27N5O2S/c1-2-27-20(26)25-12-10-15(11-13-25)21-18-23-24-19(28-18)22-17-9-5-7-14-6-3-4-8-16(14)17/h3-4,6,8,15,17H,2,5,7,9-13H2,1H3,(H,21,23)(H,22,24). The third-order valence-corrected chi connectivity index (χ3v) is 6.23. The van der Waals surface area contributed by atoms with E-state index in [9.17, 15) is 4.79 Å². The number of aromatic nitrogens is 2. The van der Waals surface area contributed by atoms with Gasteiger partial charge in [-0.15, -0.1) is 10.2 Å². The molecule has 1 fully saturated rings. The van der Waals surface area contributed by atoms with Crippen molar-refractivity contribution in [2.75, 3.05) is 30.3 Å². The maximum atomic E-state index is 11.8. The van der Waals surface area contributed by atoms with Crippen LogP contribution in [0.2, 0.25) is 0 Å². The molecule has 1 amide bonds. The van der Waals surface area contributed by atoms with E-state index in [0.717, 1.165) is 35.9 Å². The smallest absolute Gasteiger partial charge is 0.409 e. The Kier molecular flexibility index (Phi) is 5.95. The lowest BCUT2D eigenvalue weighted by Crippen LogP contribution is -2.42. The Morgan fingerprint density at radius 1 is 1.18 bits per heavy atom. The zero-order valence-electron chi connectivity index (χ0n) is 16.2. The van der Waals surface area contributed by atoms with E-state index in [-0.39, 0.29) is 6.09 Å². The molecule has 0 bridgehead atoms. The number of hydrogen-bond acceptors (Lipinski definition) is 7. The van der Waals surface area contributed by atoms with Gasteiger partial charge in [-0.3, -0.25) is 0 Å². The molecule has 7 nitrogen and oxygen atoms in total. The second kappa shape index (κ2) is 8.77. The number of ether oxygens (including phenoxy) is 1. The summed E-state index contributed by atoms with van der Waals surface area (Å²) in [5, 5.41) is 17.4. The van der Waals surface area contributed by atoms with Crippen molar-refractivity contribution in [1.29, 1.82) is 0 Å². The number of anilines is 2. The molecule has 1 aromatic heterocycles. The van der Waals surface area contributed by atoms with E-state index < -0.39 is 0 Å². The summed E-state index contributed by atoms with van der Waals surface area (Å²) < 4.78 is 5.07. The number of fused-ring (bicyclic) bond motifs is 1. The number of piperidine rings is 1. The molecule has 0 spiro atoms. The summed E-state index contributed by atoms with van der Waals surface area (Å²) in [5.41, 5.74) is 2.81. The average molecular weight is 402 g/mol. The van der Waals surface area contributed by atoms with Gasteiger partial charge in [0.05, 0.1) is 12.6 Å². The number of carbonyl (C=O) groups excluding carboxylic acids is 1. The lowest BCUT2D eigenvalue weighted by atomic mass is 9.88. The van der Waals surface area contributed by atoms with Crippen LogP contribution in [0.15, 0.2) is 24.3 Å². The van der Waals surface area contributed by atoms with Crippen molar-refractivity contribution >= 4 is 27.7 Å². The predicted octanol–water partition coefficient (Wildman–Crippen LogP) is 4.06. The highest BCUT2D eigenvalue weighted by Gasteiger charge is 2.25. The van der Waals surface area contributed by atoms with Crippen molar-refractivity contribution in [3.05, 3.63) is 35.4 Å². The Hall–Kier alpha value is -2.35. The summed E-state index contributed by atoms with van der Waals surface area (Å²) in [7, 11) is 0. The number of carbonyl (C=O) groups is 1. The zero-order chi connectivity index (χ0) is 19.3. The number of likely N-dealkylation sites (tertiary alicyclic amines) is 1. The molecule has 1 aliphatic carbocycles. The van der Waals surface area contributed by atoms with Crippen LogP contribution in [0.4, 0.5) is 15.1 Å². The number of benzene rings is 1. The first-order chi connectivity index (χ1) is 13.7. The molecule has 0 saturated carbocycles. The van der Waals surface area contributed by atoms with Crippen molar-refractivity contribution in [2.24, 2.45) is 0 Å². The van der Waals surface area contributed by atoms with E-state index in [1.54, 1.807) is 16.2 Å². The molecule has 1 aliphatic heterocycles. The van der Waals surface area contributed by atoms with E-state index in [0.29, 0.717) is 31.8 Å². The fourth-order valence-corrected chi connectivity index (χ4v) is 4.76. The highest BCUT2D eigenvalue weighted by Crippen LogP contribution is 2.34. The Morgan fingerprint density at radius 2 is 1.93 bits per heavy atom. The van der Waals surface area contributed by atoms with Gasteiger partial charge in [0.2, 0.25) is 10.3 Å². The molecule has 0 radical (unpaired) electrons. The number of nitrogens with zero attached hydrogens (tertiary/aromatic N) is 3. The lowest BCUT2D eigenvalue weighted by molar-refractivity contribution is 0.0983. The maximum absolute atomic E-state index is 11.8. The summed E-state index contributed by atoms with van der Waals surface area (Å²) in [6, 6.07) is 9.26. The lowest BCUT2D eigenvalue weighted by Gasteiger charge is -2.31. The maximum Gasteiger partial charge on any atom is 0.409 e. The molecule has 2 aliphatic rings. The van der Waals surface area contributed by atoms with Gasteiger partial charge >= 0.3 is 6.09 Å². The third-order valence-electron chi connectivity index (χ3n) is 5.44. The fraction of sp³-hybridized carbons (Fsp3) is 0.550. The van der Waals surface area contributed by atoms with Gasteiger partial charge in [0.25, 0.3) is 0 Å². The molecule has 1 atom stereocenters. The van der Waals surface area contributed by atoms with Crippen molar-refractivity contribution in [2.45, 2.75) is 51.1 Å². The molecule has 2 heterocycles. The second-order valence-corrected chi connectivity index (χ2v) is 8.28. The Morgan fingerprint density at radius 3 is 2.71 bits per heavy atom. The third kappa shape index (κ3) is 4.38. The van der Waals surface area contributed by atoms with Crippen LogP contribution in [-0.4, -0.2) is 46.9 Å². The normalized spacial score (nSPS) is 19.8. The molecule has 150 valence electrons. The zero-order valence-corrected chi connectivity index (χ0v) is 17.0. The number of hydrogen-bond donors (Lipinski definition) is 2. The van der Waals surface area contributed by atoms with E-state index in [1.807, 2.05) is 6.92 Å². The summed E-state index contributed by atoms with van der Waals surface area (Å²) >= 11 is 1.56. The van der Waals surface area contributed by atoms with Crippen LogP contribution in [0.5, 0.6) is 0 Å². The van der Waals surface area contributed by atoms with Gasteiger partial charge in [0, 0.05) is 19.1 Å². The highest BCUT2D eigenvalue weighted by molar-refractivity contribution is 7.19. The molecule has 1 saturated heterocycles. The summed E-state index contributed by atoms with van der Waals surface area (Å²) in [5.74, 6) is 0. The fourth-order valence-electron chi connectivity index (χ4n) is 3.99. The first kappa shape index (κ1) is 19.0. The van der Waals surface area contributed by atoms with Crippen molar-refractivity contribution in [3.8, 4) is 0 Å². The van der Waals surface area contributed by atoms with Gasteiger partial charge in [-0.1, -0.05) is 35.6 Å². The van der Waals surface area contributed by atoms with Crippen LogP contribution in [0.1, 0.15) is 49.8 Å². The van der Waals surface area contributed by atoms with Crippen LogP contribution in [0.3, 0.4) is 0 Å². The second-order valence-electron chi connectivity index (χ2n) is 7.30. The van der Waals surface area contributed by atoms with E-state index in [2.05, 4.69) is 45.1 Å². The molecule has 4 rings (SSSR count). The minimum Gasteiger partial charge on any atom is -0.450 e. The van der Waals surface area contributed by atoms with Crippen LogP contribution in [0.25, 0.3) is 0 Å². The van der Waals surface area contributed by atoms with Gasteiger partial charge in [-0.25, -0.2) is 4.79 Å². The van der Waals surface area contributed by atoms with Crippen molar-refractivity contribution < 1.29 is 9.53 Å². The van der Waals surface area contributed by atoms with E-state index in [1.165, 1.54) is 17.5 Å². The molecule has 1 aromatic carbocycles. The van der Waals surface area contributed by atoms with Crippen LogP contribution < -0.4 is 10.6 Å². The van der Waals surface area contributed by atoms with E-state index in [4.69, 9.17) is 4.74 Å². The molecular weight excluding hydrogens is 374 g/mol. The summed E-state index contributed by atoms with van der Waals surface area (Å²) in [6.45, 7) is 3.67. The largest absolute Gasteiger partial charge is 0.450 e. The van der Waals surface area contributed by atoms with E-state index >= 15 is 0 Å². The number of amides is 1. The van der Waals surface area contributed by atoms with Gasteiger partial charge in [-0.2, -0.15) is 0 Å². The average Bonchev–Trinajstić information content (AvgIpc) is 3.16. The molecule has 28 heavy (non-hydrogen) atoms. The number of nitrogens with one attached hydrogen (secondary N) is 2. The Labute approximate surface area is 169 Å². The molecule has 8 heteroatoms. The number of rotatable bonds is 5. The molecular formula is C20H27N5O2S. The van der Waals surface area contributed by atoms with Gasteiger partial charge in [0.1, 0.15) is 0 Å². The monoisotopic (exact) mass is 401 g/mol. The summed E-state index contributed by atoms with van der Waals surface area (Å²) in [4.78, 5) is 13.6. The topological polar surface area (TPSA) is 79.4 Å². The van der Waals surface area contributed by atoms with Crippen LogP contribution in [-0.2, 0) is 11.2 Å². The van der Waals surface area contributed by atoms with Gasteiger partial charge in [0.15, 0.2) is 0 Å². The van der Waals surface area contributed by atoms with Crippen LogP contribution >= 0.6 is 11.3 Å². The SMILES string of the molecule is CCOC(=O)N1CCC(Nc2nnc(NC3CCCc4ccccc43)s2)CC1. The first-order valence-corrected chi connectivity index (χ1v) is 10.9. The summed E-state index contributed by atoms with van der Waals surface area (Å²) in [6.07, 6.45) is 5.02. The minimum atomic E-state index is -0.212. The van der Waals surface area contributed by atoms with Gasteiger partial charge in [-0.05, 0) is 50.2 Å². The number of aryl methyl sites for hydroxylation is 1. The predicted molar refractivity (Wildman–Crippen MR) is 111 cm³/mol. The van der Waals surface area contributed by atoms with Gasteiger partial charge < -0.3 is 20.3 Å². The minimum absolute atomic E-state index is 0.212. The Balaban J connectivity index is 1.31. The van der Waals surface area contributed by atoms with Crippen molar-refractivity contribution in [1.82, 2.24) is 15.1 Å². The quantitative estimate of drug-likeness (QED) is 0.787.